The number of hydrogen-bond acceptors (Lipinski definition) is 15. The smallest absolute Gasteiger partial charge is 0.462 e. The fourth-order valence-corrected chi connectivity index (χ4v) is 14.5. The van der Waals surface area contributed by atoms with Gasteiger partial charge in [0.25, 0.3) is 0 Å². The molecule has 0 amide bonds. The number of rotatable bonds is 81. The zero-order valence-corrected chi connectivity index (χ0v) is 69.7. The molecule has 0 aliphatic carbocycles. The summed E-state index contributed by atoms with van der Waals surface area (Å²) in [5.41, 5.74) is 0. The first kappa shape index (κ1) is 101. The summed E-state index contributed by atoms with van der Waals surface area (Å²) in [4.78, 5) is 73.2. The first-order valence-electron chi connectivity index (χ1n) is 43.3. The lowest BCUT2D eigenvalue weighted by Gasteiger charge is -2.21. The van der Waals surface area contributed by atoms with Gasteiger partial charge in [0.1, 0.15) is 19.3 Å². The van der Waals surface area contributed by atoms with Crippen molar-refractivity contribution >= 4 is 39.5 Å². The molecule has 0 saturated carbocycles. The van der Waals surface area contributed by atoms with Gasteiger partial charge in [0, 0.05) is 25.7 Å². The van der Waals surface area contributed by atoms with Crippen LogP contribution in [0.1, 0.15) is 434 Å². The normalized spacial score (nSPS) is 14.5. The summed E-state index contributed by atoms with van der Waals surface area (Å²) in [5.74, 6) is 1.07. The zero-order valence-electron chi connectivity index (χ0n) is 68.0. The molecule has 0 saturated heterocycles. The number of aliphatic hydroxyl groups excluding tert-OH is 1. The van der Waals surface area contributed by atoms with Gasteiger partial charge in [0.05, 0.1) is 26.4 Å². The van der Waals surface area contributed by atoms with E-state index in [1.165, 1.54) is 231 Å². The molecule has 0 aromatic rings. The van der Waals surface area contributed by atoms with Gasteiger partial charge in [-0.2, -0.15) is 0 Å². The molecule has 0 spiro atoms. The first-order valence-corrected chi connectivity index (χ1v) is 46.3. The molecule has 0 aromatic carbocycles. The van der Waals surface area contributed by atoms with Gasteiger partial charge in [0.15, 0.2) is 12.2 Å². The zero-order chi connectivity index (χ0) is 76.0. The van der Waals surface area contributed by atoms with Crippen LogP contribution in [-0.4, -0.2) is 96.7 Å². The van der Waals surface area contributed by atoms with Gasteiger partial charge in [0.2, 0.25) is 0 Å². The molecule has 7 atom stereocenters. The lowest BCUT2D eigenvalue weighted by atomic mass is 9.99. The Bertz CT molecular complexity index is 2010. The monoisotopic (exact) mass is 1510 g/mol. The summed E-state index contributed by atoms with van der Waals surface area (Å²) in [6.45, 7) is 14.3. The molecule has 0 bridgehead atoms. The molecule has 17 nitrogen and oxygen atoms in total. The van der Waals surface area contributed by atoms with Crippen LogP contribution >= 0.6 is 15.6 Å². The van der Waals surface area contributed by atoms with Crippen LogP contribution in [-0.2, 0) is 65.4 Å². The number of esters is 4. The SMILES string of the molecule is CCC(C)CCCCCCCCCCCCCCCCC(=O)O[C@H](COC(=O)CCCCCCCCCCCCCCCCCC(C)C)COP(=O)(O)OC[C@@H](O)COP(=O)(O)OC[C@@H](COC(=O)CCCCCCCCC(C)CC)OC(=O)CCCCCCCCCCCCCCCCC(C)C. The maximum atomic E-state index is 13.1. The molecule has 0 aromatic heterocycles. The lowest BCUT2D eigenvalue weighted by Crippen LogP contribution is -2.30. The van der Waals surface area contributed by atoms with E-state index in [0.29, 0.717) is 25.7 Å². The quantitative estimate of drug-likeness (QED) is 0.0222. The van der Waals surface area contributed by atoms with E-state index in [1.807, 2.05) is 0 Å². The second kappa shape index (κ2) is 72.9. The Morgan fingerprint density at radius 2 is 0.466 bits per heavy atom. The van der Waals surface area contributed by atoms with Crippen LogP contribution in [0.2, 0.25) is 0 Å². The third-order valence-corrected chi connectivity index (χ3v) is 22.2. The molecule has 19 heteroatoms. The summed E-state index contributed by atoms with van der Waals surface area (Å²) in [6, 6.07) is 0. The van der Waals surface area contributed by atoms with Crippen molar-refractivity contribution in [1.82, 2.24) is 0 Å². The van der Waals surface area contributed by atoms with Crippen molar-refractivity contribution in [2.45, 2.75) is 453 Å². The van der Waals surface area contributed by atoms with Gasteiger partial charge in [-0.25, -0.2) is 9.13 Å². The van der Waals surface area contributed by atoms with Crippen molar-refractivity contribution in [3.05, 3.63) is 0 Å². The minimum Gasteiger partial charge on any atom is -0.462 e. The molecular formula is C84H164O17P2. The Morgan fingerprint density at radius 1 is 0.272 bits per heavy atom. The number of aliphatic hydroxyl groups is 1. The number of hydrogen-bond donors (Lipinski definition) is 3. The molecule has 0 aliphatic rings. The highest BCUT2D eigenvalue weighted by molar-refractivity contribution is 7.47. The van der Waals surface area contributed by atoms with Crippen molar-refractivity contribution in [3.63, 3.8) is 0 Å². The largest absolute Gasteiger partial charge is 0.472 e. The van der Waals surface area contributed by atoms with Gasteiger partial charge < -0.3 is 33.8 Å². The van der Waals surface area contributed by atoms with Gasteiger partial charge in [-0.05, 0) is 49.4 Å². The molecule has 3 N–H and O–H groups in total. The van der Waals surface area contributed by atoms with E-state index in [1.54, 1.807) is 0 Å². The molecular weight excluding hydrogens is 1340 g/mol. The Kier molecular flexibility index (Phi) is 71.5. The molecule has 0 radical (unpaired) electrons. The van der Waals surface area contributed by atoms with E-state index in [0.717, 1.165) is 120 Å². The van der Waals surface area contributed by atoms with Gasteiger partial charge in [-0.3, -0.25) is 37.3 Å². The minimum absolute atomic E-state index is 0.106. The number of ether oxygens (including phenoxy) is 4. The molecule has 612 valence electrons. The summed E-state index contributed by atoms with van der Waals surface area (Å²) in [7, 11) is -9.93. The minimum atomic E-state index is -4.97. The second-order valence-corrected chi connectivity index (χ2v) is 34.6. The highest BCUT2D eigenvalue weighted by Gasteiger charge is 2.30. The fourth-order valence-electron chi connectivity index (χ4n) is 12.9. The van der Waals surface area contributed by atoms with Gasteiger partial charge in [-0.1, -0.05) is 383 Å². The standard InChI is InChI=1S/C84H164O17P2/c1-9-76(7)62-54-46-38-32-26-20-15-17-23-29-35-41-51-59-66-83(88)100-79(70-94-81(86)64-56-48-39-33-27-21-13-11-12-18-24-30-36-44-52-60-74(3)4)72-98-102(90,91)96-68-78(85)69-97-103(92,93)99-73-80(71-95-82(87)65-57-49-43-42-47-55-63-77(8)10-2)101-84(89)67-58-50-40-34-28-22-16-14-19-25-31-37-45-53-61-75(5)6/h74-80,85H,9-73H2,1-8H3,(H,90,91)(H,92,93)/t76?,77?,78-,79-,80-/m1/s1. The summed E-state index contributed by atoms with van der Waals surface area (Å²) < 4.78 is 68.8. The Labute approximate surface area is 632 Å². The van der Waals surface area contributed by atoms with Crippen molar-refractivity contribution < 1.29 is 80.2 Å². The maximum Gasteiger partial charge on any atom is 0.472 e. The van der Waals surface area contributed by atoms with Crippen molar-refractivity contribution in [3.8, 4) is 0 Å². The maximum absolute atomic E-state index is 13.1. The third kappa shape index (κ3) is 75.3. The van der Waals surface area contributed by atoms with E-state index >= 15 is 0 Å². The van der Waals surface area contributed by atoms with E-state index in [2.05, 4.69) is 55.4 Å². The molecule has 4 unspecified atom stereocenters. The highest BCUT2D eigenvalue weighted by Crippen LogP contribution is 2.45. The van der Waals surface area contributed by atoms with Crippen molar-refractivity contribution in [2.75, 3.05) is 39.6 Å². The van der Waals surface area contributed by atoms with E-state index in [9.17, 15) is 43.2 Å². The number of unbranched alkanes of at least 4 members (excludes halogenated alkanes) is 45. The van der Waals surface area contributed by atoms with Crippen LogP contribution in [0.5, 0.6) is 0 Å². The summed E-state index contributed by atoms with van der Waals surface area (Å²) in [6.07, 6.45) is 61.0. The number of phosphoric ester groups is 2. The van der Waals surface area contributed by atoms with Crippen LogP contribution < -0.4 is 0 Å². The topological polar surface area (TPSA) is 237 Å². The Balaban J connectivity index is 5.25. The number of carbonyl (C=O) groups excluding carboxylic acids is 4. The highest BCUT2D eigenvalue weighted by atomic mass is 31.2. The Morgan fingerprint density at radius 3 is 0.689 bits per heavy atom. The van der Waals surface area contributed by atoms with E-state index < -0.39 is 97.5 Å². The number of carbonyl (C=O) groups is 4. The van der Waals surface area contributed by atoms with Crippen LogP contribution in [0.25, 0.3) is 0 Å². The van der Waals surface area contributed by atoms with Crippen LogP contribution in [0.4, 0.5) is 0 Å². The van der Waals surface area contributed by atoms with Crippen LogP contribution in [0, 0.1) is 23.7 Å². The van der Waals surface area contributed by atoms with Crippen molar-refractivity contribution in [1.29, 1.82) is 0 Å². The van der Waals surface area contributed by atoms with E-state index in [4.69, 9.17) is 37.0 Å². The average Bonchev–Trinajstić information content (AvgIpc) is 0.921. The Hall–Kier alpha value is -1.94. The van der Waals surface area contributed by atoms with E-state index in [-0.39, 0.29) is 25.7 Å². The summed E-state index contributed by atoms with van der Waals surface area (Å²) >= 11 is 0. The van der Waals surface area contributed by atoms with Crippen LogP contribution in [0.15, 0.2) is 0 Å². The van der Waals surface area contributed by atoms with Gasteiger partial charge in [-0.15, -0.1) is 0 Å². The predicted octanol–water partition coefficient (Wildman–Crippen LogP) is 25.2. The predicted molar refractivity (Wildman–Crippen MR) is 423 cm³/mol. The fraction of sp³-hybridized carbons (Fsp3) is 0.952. The molecule has 0 aliphatic heterocycles. The molecule has 0 heterocycles. The molecule has 0 fully saturated rings. The average molecular weight is 1510 g/mol. The number of phosphoric acid groups is 2. The van der Waals surface area contributed by atoms with Crippen LogP contribution in [0.3, 0.4) is 0 Å². The summed E-state index contributed by atoms with van der Waals surface area (Å²) in [5, 5.41) is 10.7. The molecule has 103 heavy (non-hydrogen) atoms. The molecule has 0 rings (SSSR count). The van der Waals surface area contributed by atoms with Gasteiger partial charge >= 0.3 is 39.5 Å². The second-order valence-electron chi connectivity index (χ2n) is 31.7. The lowest BCUT2D eigenvalue weighted by molar-refractivity contribution is -0.161. The van der Waals surface area contributed by atoms with Crippen molar-refractivity contribution in [2.24, 2.45) is 23.7 Å². The first-order chi connectivity index (χ1) is 49.7. The third-order valence-electron chi connectivity index (χ3n) is 20.3.